The van der Waals surface area contributed by atoms with E-state index in [1.165, 1.54) is 0 Å². The van der Waals surface area contributed by atoms with Crippen molar-refractivity contribution < 1.29 is 4.74 Å². The van der Waals surface area contributed by atoms with Crippen LogP contribution in [0.15, 0.2) is 0 Å². The van der Waals surface area contributed by atoms with Crippen LogP contribution >= 0.6 is 0 Å². The zero-order valence-corrected chi connectivity index (χ0v) is 12.9. The molecule has 0 saturated carbocycles. The summed E-state index contributed by atoms with van der Waals surface area (Å²) in [4.78, 5) is 9.17. The first-order valence-corrected chi connectivity index (χ1v) is 7.07. The molecule has 6 heteroatoms. The molecule has 2 unspecified atom stereocenters. The maximum Gasteiger partial charge on any atom is 0.148 e. The van der Waals surface area contributed by atoms with Gasteiger partial charge >= 0.3 is 0 Å². The second kappa shape index (κ2) is 5.54. The zero-order chi connectivity index (χ0) is 14.9. The number of nitrogen functional groups attached to an aromatic ring is 1. The van der Waals surface area contributed by atoms with Crippen LogP contribution in [-0.2, 0) is 10.2 Å². The molecule has 0 amide bonds. The van der Waals surface area contributed by atoms with Crippen molar-refractivity contribution in [2.24, 2.45) is 5.84 Å². The lowest BCUT2D eigenvalue weighted by Gasteiger charge is -2.23. The normalized spacial score (nSPS) is 22.9. The van der Waals surface area contributed by atoms with Crippen LogP contribution in [0, 0.1) is 6.92 Å². The van der Waals surface area contributed by atoms with Crippen molar-refractivity contribution in [2.45, 2.75) is 58.6 Å². The molecule has 1 aromatic rings. The first-order chi connectivity index (χ1) is 9.32. The number of anilines is 2. The van der Waals surface area contributed by atoms with Gasteiger partial charge in [0.15, 0.2) is 0 Å². The topological polar surface area (TPSA) is 85.1 Å². The van der Waals surface area contributed by atoms with Gasteiger partial charge in [-0.05, 0) is 20.3 Å². The molecule has 1 aliphatic heterocycles. The van der Waals surface area contributed by atoms with Gasteiger partial charge in [0.2, 0.25) is 0 Å². The standard InChI is InChI=1S/C14H25N5O/c1-8-11(16-10-6-7-20-9(10)2)17-13(14(3,4)5)18-12(8)19-15/h9-10H,6-7,15H2,1-5H3,(H2,16,17,18,19). The number of nitrogens with one attached hydrogen (secondary N) is 2. The van der Waals surface area contributed by atoms with Crippen molar-refractivity contribution in [1.29, 1.82) is 0 Å². The minimum Gasteiger partial charge on any atom is -0.376 e. The fourth-order valence-corrected chi connectivity index (χ4v) is 2.23. The minimum atomic E-state index is -0.131. The molecule has 1 aliphatic rings. The van der Waals surface area contributed by atoms with Gasteiger partial charge < -0.3 is 15.5 Å². The lowest BCUT2D eigenvalue weighted by molar-refractivity contribution is 0.121. The minimum absolute atomic E-state index is 0.131. The maximum absolute atomic E-state index is 5.59. The van der Waals surface area contributed by atoms with Crippen LogP contribution in [0.5, 0.6) is 0 Å². The molecule has 0 spiro atoms. The Morgan fingerprint density at radius 3 is 2.40 bits per heavy atom. The van der Waals surface area contributed by atoms with Gasteiger partial charge in [-0.3, -0.25) is 0 Å². The van der Waals surface area contributed by atoms with Gasteiger partial charge in [-0.2, -0.15) is 0 Å². The van der Waals surface area contributed by atoms with Gasteiger partial charge in [0.05, 0.1) is 12.1 Å². The van der Waals surface area contributed by atoms with Crippen molar-refractivity contribution in [3.8, 4) is 0 Å². The van der Waals surface area contributed by atoms with E-state index in [2.05, 4.69) is 48.4 Å². The Bertz CT molecular complexity index is 483. The number of rotatable bonds is 3. The molecule has 112 valence electrons. The second-order valence-electron chi connectivity index (χ2n) is 6.38. The van der Waals surface area contributed by atoms with Crippen LogP contribution in [-0.4, -0.2) is 28.7 Å². The van der Waals surface area contributed by atoms with E-state index >= 15 is 0 Å². The number of hydrogen-bond acceptors (Lipinski definition) is 6. The van der Waals surface area contributed by atoms with Crippen molar-refractivity contribution in [3.05, 3.63) is 11.4 Å². The van der Waals surface area contributed by atoms with E-state index in [4.69, 9.17) is 10.6 Å². The molecular formula is C14H25N5O. The zero-order valence-electron chi connectivity index (χ0n) is 12.9. The first kappa shape index (κ1) is 15.0. The SMILES string of the molecule is Cc1c(NN)nc(C(C)(C)C)nc1NC1CCOC1C. The third-order valence-electron chi connectivity index (χ3n) is 3.65. The van der Waals surface area contributed by atoms with E-state index in [0.717, 1.165) is 30.2 Å². The Morgan fingerprint density at radius 1 is 1.25 bits per heavy atom. The number of ether oxygens (including phenoxy) is 1. The van der Waals surface area contributed by atoms with E-state index < -0.39 is 0 Å². The quantitative estimate of drug-likeness (QED) is 0.579. The third-order valence-corrected chi connectivity index (χ3v) is 3.65. The molecule has 1 saturated heterocycles. The monoisotopic (exact) mass is 279 g/mol. The molecule has 2 atom stereocenters. The maximum atomic E-state index is 5.59. The smallest absolute Gasteiger partial charge is 0.148 e. The fourth-order valence-electron chi connectivity index (χ4n) is 2.23. The Kier molecular flexibility index (Phi) is 4.15. The van der Waals surface area contributed by atoms with Crippen LogP contribution in [0.4, 0.5) is 11.6 Å². The third kappa shape index (κ3) is 3.02. The summed E-state index contributed by atoms with van der Waals surface area (Å²) < 4.78 is 5.59. The Labute approximate surface area is 120 Å². The van der Waals surface area contributed by atoms with E-state index in [1.807, 2.05) is 6.92 Å². The van der Waals surface area contributed by atoms with E-state index in [0.29, 0.717) is 5.82 Å². The van der Waals surface area contributed by atoms with Crippen LogP contribution in [0.1, 0.15) is 45.5 Å². The Balaban J connectivity index is 2.35. The van der Waals surface area contributed by atoms with Gasteiger partial charge in [-0.25, -0.2) is 15.8 Å². The number of nitrogens with two attached hydrogens (primary N) is 1. The molecule has 0 bridgehead atoms. The number of hydrogen-bond donors (Lipinski definition) is 3. The number of nitrogens with zero attached hydrogens (tertiary/aromatic N) is 2. The van der Waals surface area contributed by atoms with Crippen LogP contribution in [0.25, 0.3) is 0 Å². The highest BCUT2D eigenvalue weighted by Crippen LogP contribution is 2.27. The van der Waals surface area contributed by atoms with Crippen molar-refractivity contribution in [1.82, 2.24) is 9.97 Å². The van der Waals surface area contributed by atoms with Gasteiger partial charge in [-0.1, -0.05) is 20.8 Å². The molecule has 1 aromatic heterocycles. The van der Waals surface area contributed by atoms with Gasteiger partial charge in [0.1, 0.15) is 17.5 Å². The summed E-state index contributed by atoms with van der Waals surface area (Å²) in [5.74, 6) is 7.84. The number of aromatic nitrogens is 2. The molecule has 0 aliphatic carbocycles. The molecule has 0 radical (unpaired) electrons. The molecule has 4 N–H and O–H groups in total. The molecule has 2 rings (SSSR count). The van der Waals surface area contributed by atoms with Crippen molar-refractivity contribution in [3.63, 3.8) is 0 Å². The van der Waals surface area contributed by atoms with Crippen molar-refractivity contribution >= 4 is 11.6 Å². The van der Waals surface area contributed by atoms with Crippen LogP contribution in [0.2, 0.25) is 0 Å². The van der Waals surface area contributed by atoms with Gasteiger partial charge in [0.25, 0.3) is 0 Å². The summed E-state index contributed by atoms with van der Waals surface area (Å²) in [5.41, 5.74) is 3.46. The summed E-state index contributed by atoms with van der Waals surface area (Å²) in [7, 11) is 0. The Morgan fingerprint density at radius 2 is 1.90 bits per heavy atom. The van der Waals surface area contributed by atoms with E-state index in [1.54, 1.807) is 0 Å². The largest absolute Gasteiger partial charge is 0.376 e. The summed E-state index contributed by atoms with van der Waals surface area (Å²) >= 11 is 0. The van der Waals surface area contributed by atoms with E-state index in [-0.39, 0.29) is 17.6 Å². The fraction of sp³-hybridized carbons (Fsp3) is 0.714. The van der Waals surface area contributed by atoms with Crippen LogP contribution < -0.4 is 16.6 Å². The molecule has 0 aromatic carbocycles. The highest BCUT2D eigenvalue weighted by atomic mass is 16.5. The number of hydrazine groups is 1. The molecule has 6 nitrogen and oxygen atoms in total. The van der Waals surface area contributed by atoms with E-state index in [9.17, 15) is 0 Å². The molecule has 1 fully saturated rings. The highest BCUT2D eigenvalue weighted by Gasteiger charge is 2.27. The Hall–Kier alpha value is -1.40. The average Bonchev–Trinajstić information content (AvgIpc) is 2.76. The first-order valence-electron chi connectivity index (χ1n) is 7.07. The summed E-state index contributed by atoms with van der Waals surface area (Å²) in [6.45, 7) is 11.1. The predicted molar refractivity (Wildman–Crippen MR) is 80.7 cm³/mol. The molecular weight excluding hydrogens is 254 g/mol. The lowest BCUT2D eigenvalue weighted by atomic mass is 9.95. The molecule has 2 heterocycles. The van der Waals surface area contributed by atoms with Gasteiger partial charge in [-0.15, -0.1) is 0 Å². The predicted octanol–water partition coefficient (Wildman–Crippen LogP) is 1.96. The molecule has 20 heavy (non-hydrogen) atoms. The summed E-state index contributed by atoms with van der Waals surface area (Å²) in [6.07, 6.45) is 1.18. The van der Waals surface area contributed by atoms with Gasteiger partial charge in [0, 0.05) is 17.6 Å². The highest BCUT2D eigenvalue weighted by molar-refractivity contribution is 5.57. The van der Waals surface area contributed by atoms with Crippen LogP contribution in [0.3, 0.4) is 0 Å². The summed E-state index contributed by atoms with van der Waals surface area (Å²) in [5, 5.41) is 3.47. The lowest BCUT2D eigenvalue weighted by Crippen LogP contribution is -2.29. The summed E-state index contributed by atoms with van der Waals surface area (Å²) in [6, 6.07) is 0.280. The second-order valence-corrected chi connectivity index (χ2v) is 6.38. The van der Waals surface area contributed by atoms with Crippen molar-refractivity contribution in [2.75, 3.05) is 17.3 Å². The average molecular weight is 279 g/mol.